The monoisotopic (exact) mass is 373 g/mol. The Morgan fingerprint density at radius 2 is 2.08 bits per heavy atom. The summed E-state index contributed by atoms with van der Waals surface area (Å²) in [5, 5.41) is 13.3. The second-order valence-corrected chi connectivity index (χ2v) is 8.11. The van der Waals surface area contributed by atoms with Gasteiger partial charge in [0.2, 0.25) is 5.91 Å². The largest absolute Gasteiger partial charge is 0.341 e. The van der Waals surface area contributed by atoms with E-state index >= 15 is 0 Å². The summed E-state index contributed by atoms with van der Waals surface area (Å²) in [5.41, 5.74) is 3.20. The van der Waals surface area contributed by atoms with Crippen molar-refractivity contribution in [3.8, 4) is 5.69 Å². The van der Waals surface area contributed by atoms with E-state index in [1.807, 2.05) is 36.0 Å². The third kappa shape index (κ3) is 4.46. The summed E-state index contributed by atoms with van der Waals surface area (Å²) in [6.07, 6.45) is 3.77. The quantitative estimate of drug-likeness (QED) is 0.621. The molecule has 0 spiro atoms. The van der Waals surface area contributed by atoms with Crippen molar-refractivity contribution in [2.45, 2.75) is 24.7 Å². The van der Waals surface area contributed by atoms with Gasteiger partial charge < -0.3 is 4.90 Å². The van der Waals surface area contributed by atoms with E-state index in [1.165, 1.54) is 23.1 Å². The number of hydrogen-bond acceptors (Lipinski definition) is 6. The standard InChI is InChI=1S/C17H19N5OS2/c1-12-6-4-5-7-15(12)22-10-14(8-18-22)9-21(3)16(23)11-24-17-20-19-13(2)25-17/h4-8,10H,9,11H2,1-3H3. The summed E-state index contributed by atoms with van der Waals surface area (Å²) in [4.78, 5) is 14.0. The third-order valence-corrected chi connectivity index (χ3v) is 5.63. The van der Waals surface area contributed by atoms with Crippen LogP contribution >= 0.6 is 23.1 Å². The Kier molecular flexibility index (Phi) is 5.50. The Morgan fingerprint density at radius 1 is 1.28 bits per heavy atom. The van der Waals surface area contributed by atoms with Crippen molar-refractivity contribution < 1.29 is 4.79 Å². The fourth-order valence-corrected chi connectivity index (χ4v) is 4.08. The molecule has 0 fully saturated rings. The number of para-hydroxylation sites is 1. The predicted octanol–water partition coefficient (Wildman–Crippen LogP) is 3.09. The maximum atomic E-state index is 12.3. The fourth-order valence-electron chi connectivity index (χ4n) is 2.33. The van der Waals surface area contributed by atoms with Gasteiger partial charge in [-0.25, -0.2) is 4.68 Å². The molecule has 0 N–H and O–H groups in total. The molecule has 8 heteroatoms. The number of amides is 1. The number of rotatable bonds is 6. The van der Waals surface area contributed by atoms with Crippen LogP contribution in [0.2, 0.25) is 0 Å². The van der Waals surface area contributed by atoms with Gasteiger partial charge in [-0.05, 0) is 25.5 Å². The van der Waals surface area contributed by atoms with Crippen LogP contribution in [-0.4, -0.2) is 43.6 Å². The number of aryl methyl sites for hydroxylation is 2. The van der Waals surface area contributed by atoms with Crippen molar-refractivity contribution in [2.24, 2.45) is 0 Å². The Bertz CT molecular complexity index is 873. The number of thioether (sulfide) groups is 1. The van der Waals surface area contributed by atoms with E-state index in [0.717, 1.165) is 26.2 Å². The van der Waals surface area contributed by atoms with Gasteiger partial charge in [-0.15, -0.1) is 10.2 Å². The van der Waals surface area contributed by atoms with E-state index in [0.29, 0.717) is 12.3 Å². The van der Waals surface area contributed by atoms with Crippen LogP contribution in [0.3, 0.4) is 0 Å². The van der Waals surface area contributed by atoms with E-state index in [4.69, 9.17) is 0 Å². The molecule has 3 rings (SSSR count). The van der Waals surface area contributed by atoms with E-state index in [-0.39, 0.29) is 5.91 Å². The van der Waals surface area contributed by atoms with Gasteiger partial charge >= 0.3 is 0 Å². The molecule has 0 bridgehead atoms. The molecule has 0 aliphatic heterocycles. The second kappa shape index (κ2) is 7.79. The lowest BCUT2D eigenvalue weighted by Gasteiger charge is -2.15. The molecule has 2 heterocycles. The average Bonchev–Trinajstić information content (AvgIpc) is 3.22. The van der Waals surface area contributed by atoms with Crippen LogP contribution in [0.15, 0.2) is 41.0 Å². The lowest BCUT2D eigenvalue weighted by atomic mass is 10.2. The molecule has 130 valence electrons. The first-order chi connectivity index (χ1) is 12.0. The molecule has 0 unspecified atom stereocenters. The van der Waals surface area contributed by atoms with Crippen LogP contribution in [-0.2, 0) is 11.3 Å². The molecular formula is C17H19N5OS2. The average molecular weight is 374 g/mol. The number of nitrogens with zero attached hydrogens (tertiary/aromatic N) is 5. The lowest BCUT2D eigenvalue weighted by molar-refractivity contribution is -0.127. The highest BCUT2D eigenvalue weighted by Crippen LogP contribution is 2.22. The first kappa shape index (κ1) is 17.6. The highest BCUT2D eigenvalue weighted by atomic mass is 32.2. The van der Waals surface area contributed by atoms with Crippen LogP contribution in [0, 0.1) is 13.8 Å². The molecule has 1 amide bonds. The Labute approximate surface area is 154 Å². The highest BCUT2D eigenvalue weighted by Gasteiger charge is 2.13. The Balaban J connectivity index is 1.58. The number of carbonyl (C=O) groups is 1. The molecular weight excluding hydrogens is 354 g/mol. The van der Waals surface area contributed by atoms with Crippen LogP contribution < -0.4 is 0 Å². The molecule has 0 saturated carbocycles. The summed E-state index contributed by atoms with van der Waals surface area (Å²) >= 11 is 2.93. The SMILES string of the molecule is Cc1nnc(SCC(=O)N(C)Cc2cnn(-c3ccccc3C)c2)s1. The first-order valence-corrected chi connectivity index (χ1v) is 9.59. The predicted molar refractivity (Wildman–Crippen MR) is 100 cm³/mol. The maximum absolute atomic E-state index is 12.3. The smallest absolute Gasteiger partial charge is 0.233 e. The van der Waals surface area contributed by atoms with Gasteiger partial charge in [-0.2, -0.15) is 5.10 Å². The molecule has 3 aromatic rings. The summed E-state index contributed by atoms with van der Waals surface area (Å²) in [7, 11) is 1.80. The lowest BCUT2D eigenvalue weighted by Crippen LogP contribution is -2.27. The molecule has 0 atom stereocenters. The molecule has 25 heavy (non-hydrogen) atoms. The summed E-state index contributed by atoms with van der Waals surface area (Å²) in [5.74, 6) is 0.415. The van der Waals surface area contributed by atoms with E-state index in [9.17, 15) is 4.79 Å². The van der Waals surface area contributed by atoms with Crippen molar-refractivity contribution in [3.63, 3.8) is 0 Å². The Morgan fingerprint density at radius 3 is 2.80 bits per heavy atom. The van der Waals surface area contributed by atoms with Gasteiger partial charge in [0.1, 0.15) is 5.01 Å². The van der Waals surface area contributed by atoms with E-state index in [1.54, 1.807) is 18.1 Å². The van der Waals surface area contributed by atoms with Crippen LogP contribution in [0.1, 0.15) is 16.1 Å². The number of aromatic nitrogens is 4. The number of benzene rings is 1. The zero-order valence-corrected chi connectivity index (χ0v) is 16.0. The molecule has 0 saturated heterocycles. The van der Waals surface area contributed by atoms with Crippen LogP contribution in [0.5, 0.6) is 0 Å². The van der Waals surface area contributed by atoms with Crippen molar-refractivity contribution in [1.29, 1.82) is 0 Å². The minimum Gasteiger partial charge on any atom is -0.341 e. The zero-order valence-electron chi connectivity index (χ0n) is 14.3. The molecule has 0 aliphatic rings. The minimum atomic E-state index is 0.0569. The van der Waals surface area contributed by atoms with E-state index in [2.05, 4.69) is 28.3 Å². The van der Waals surface area contributed by atoms with Crippen molar-refractivity contribution in [2.75, 3.05) is 12.8 Å². The summed E-state index contributed by atoms with van der Waals surface area (Å²) in [6, 6.07) is 8.08. The normalized spacial score (nSPS) is 10.8. The van der Waals surface area contributed by atoms with Gasteiger partial charge in [-0.1, -0.05) is 41.3 Å². The van der Waals surface area contributed by atoms with Crippen LogP contribution in [0.4, 0.5) is 0 Å². The van der Waals surface area contributed by atoms with Gasteiger partial charge in [0, 0.05) is 25.4 Å². The molecule has 1 aromatic carbocycles. The second-order valence-electron chi connectivity index (χ2n) is 5.71. The maximum Gasteiger partial charge on any atom is 0.233 e. The van der Waals surface area contributed by atoms with Crippen LogP contribution in [0.25, 0.3) is 5.69 Å². The van der Waals surface area contributed by atoms with Crippen molar-refractivity contribution in [3.05, 3.63) is 52.8 Å². The molecule has 6 nitrogen and oxygen atoms in total. The van der Waals surface area contributed by atoms with Gasteiger partial charge in [-0.3, -0.25) is 4.79 Å². The van der Waals surface area contributed by atoms with Crippen molar-refractivity contribution in [1.82, 2.24) is 24.9 Å². The van der Waals surface area contributed by atoms with Gasteiger partial charge in [0.15, 0.2) is 4.34 Å². The topological polar surface area (TPSA) is 63.9 Å². The fraction of sp³-hybridized carbons (Fsp3) is 0.294. The minimum absolute atomic E-state index is 0.0569. The van der Waals surface area contributed by atoms with Crippen molar-refractivity contribution >= 4 is 29.0 Å². The first-order valence-electron chi connectivity index (χ1n) is 7.79. The number of hydrogen-bond donors (Lipinski definition) is 0. The van der Waals surface area contributed by atoms with Gasteiger partial charge in [0.25, 0.3) is 0 Å². The number of carbonyl (C=O) groups excluding carboxylic acids is 1. The molecule has 0 radical (unpaired) electrons. The third-order valence-electron chi connectivity index (χ3n) is 3.67. The van der Waals surface area contributed by atoms with Gasteiger partial charge in [0.05, 0.1) is 17.6 Å². The summed E-state index contributed by atoms with van der Waals surface area (Å²) < 4.78 is 2.67. The Hall–Kier alpha value is -2.19. The highest BCUT2D eigenvalue weighted by molar-refractivity contribution is 8.01. The molecule has 0 aliphatic carbocycles. The molecule has 2 aromatic heterocycles. The zero-order chi connectivity index (χ0) is 17.8. The van der Waals surface area contributed by atoms with E-state index < -0.39 is 0 Å². The summed E-state index contributed by atoms with van der Waals surface area (Å²) in [6.45, 7) is 4.49.